The summed E-state index contributed by atoms with van der Waals surface area (Å²) >= 11 is 3.49. The van der Waals surface area contributed by atoms with Crippen molar-refractivity contribution < 1.29 is 4.74 Å². The summed E-state index contributed by atoms with van der Waals surface area (Å²) in [6, 6.07) is 6.32. The molecule has 1 N–H and O–H groups in total. The average Bonchev–Trinajstić information content (AvgIpc) is 2.23. The number of methoxy groups -OCH3 is 1. The minimum Gasteiger partial charge on any atom is -0.385 e. The van der Waals surface area contributed by atoms with Gasteiger partial charge in [0.1, 0.15) is 0 Å². The number of benzene rings is 1. The van der Waals surface area contributed by atoms with Gasteiger partial charge in [0, 0.05) is 30.4 Å². The summed E-state index contributed by atoms with van der Waals surface area (Å²) in [6.07, 6.45) is 2.25. The highest BCUT2D eigenvalue weighted by atomic mass is 79.9. The molecule has 0 aromatic heterocycles. The molecule has 0 aliphatic heterocycles. The molecule has 0 spiro atoms. The number of anilines is 1. The lowest BCUT2D eigenvalue weighted by atomic mass is 10.2. The number of rotatable bonds is 6. The first-order valence-corrected chi connectivity index (χ1v) is 6.02. The molecule has 0 unspecified atom stereocenters. The predicted octanol–water partition coefficient (Wildman–Crippen LogP) is 3.60. The quantitative estimate of drug-likeness (QED) is 0.799. The van der Waals surface area contributed by atoms with Gasteiger partial charge in [0.05, 0.1) is 0 Å². The van der Waals surface area contributed by atoms with Gasteiger partial charge >= 0.3 is 0 Å². The highest BCUT2D eigenvalue weighted by Crippen LogP contribution is 2.19. The van der Waals surface area contributed by atoms with E-state index in [-0.39, 0.29) is 0 Å². The summed E-state index contributed by atoms with van der Waals surface area (Å²) in [6.45, 7) is 3.95. The van der Waals surface area contributed by atoms with Crippen molar-refractivity contribution in [3.05, 3.63) is 28.2 Å². The molecule has 84 valence electrons. The molecule has 1 aromatic rings. The Balaban J connectivity index is 2.28. The van der Waals surface area contributed by atoms with Crippen LogP contribution in [0.3, 0.4) is 0 Å². The summed E-state index contributed by atoms with van der Waals surface area (Å²) in [7, 11) is 1.74. The second kappa shape index (κ2) is 6.85. The van der Waals surface area contributed by atoms with Crippen molar-refractivity contribution >= 4 is 21.6 Å². The maximum Gasteiger partial charge on any atom is 0.0462 e. The first-order chi connectivity index (χ1) is 7.24. The van der Waals surface area contributed by atoms with Crippen LogP contribution >= 0.6 is 15.9 Å². The Bertz CT molecular complexity index is 302. The van der Waals surface area contributed by atoms with Crippen molar-refractivity contribution in [1.82, 2.24) is 0 Å². The molecule has 1 rings (SSSR count). The van der Waals surface area contributed by atoms with Crippen molar-refractivity contribution in [1.29, 1.82) is 0 Å². The highest BCUT2D eigenvalue weighted by molar-refractivity contribution is 9.10. The van der Waals surface area contributed by atoms with Crippen LogP contribution in [0.2, 0.25) is 0 Å². The summed E-state index contributed by atoms with van der Waals surface area (Å²) in [5.74, 6) is 0. The number of ether oxygens (including phenoxy) is 1. The zero-order valence-electron chi connectivity index (χ0n) is 9.35. The third-order valence-electron chi connectivity index (χ3n) is 2.26. The van der Waals surface area contributed by atoms with Crippen molar-refractivity contribution in [3.63, 3.8) is 0 Å². The smallest absolute Gasteiger partial charge is 0.0462 e. The average molecular weight is 272 g/mol. The van der Waals surface area contributed by atoms with E-state index in [9.17, 15) is 0 Å². The minimum atomic E-state index is 0.848. The molecular formula is C12H18BrNO. The largest absolute Gasteiger partial charge is 0.385 e. The summed E-state index contributed by atoms with van der Waals surface area (Å²) in [5, 5.41) is 3.40. The van der Waals surface area contributed by atoms with Crippen molar-refractivity contribution in [2.24, 2.45) is 0 Å². The monoisotopic (exact) mass is 271 g/mol. The molecule has 0 fully saturated rings. The van der Waals surface area contributed by atoms with Crippen LogP contribution in [0, 0.1) is 6.92 Å². The fourth-order valence-corrected chi connectivity index (χ4v) is 1.61. The summed E-state index contributed by atoms with van der Waals surface area (Å²) < 4.78 is 6.15. The first kappa shape index (κ1) is 12.5. The predicted molar refractivity (Wildman–Crippen MR) is 68.5 cm³/mol. The fraction of sp³-hybridized carbons (Fsp3) is 0.500. The minimum absolute atomic E-state index is 0.848. The number of halogens is 1. The van der Waals surface area contributed by atoms with Gasteiger partial charge in [0.2, 0.25) is 0 Å². The number of nitrogens with one attached hydrogen (secondary N) is 1. The maximum absolute atomic E-state index is 4.99. The second-order valence-electron chi connectivity index (χ2n) is 3.59. The zero-order chi connectivity index (χ0) is 11.1. The maximum atomic E-state index is 4.99. The number of hydrogen-bond donors (Lipinski definition) is 1. The lowest BCUT2D eigenvalue weighted by Gasteiger charge is -2.07. The van der Waals surface area contributed by atoms with Crippen LogP contribution in [0.5, 0.6) is 0 Å². The molecule has 0 radical (unpaired) electrons. The van der Waals surface area contributed by atoms with Crippen LogP contribution in [0.25, 0.3) is 0 Å². The zero-order valence-corrected chi connectivity index (χ0v) is 10.9. The van der Waals surface area contributed by atoms with Crippen LogP contribution in [-0.4, -0.2) is 20.3 Å². The molecule has 0 bridgehead atoms. The summed E-state index contributed by atoms with van der Waals surface area (Å²) in [5.41, 5.74) is 2.45. The molecule has 0 saturated carbocycles. The first-order valence-electron chi connectivity index (χ1n) is 5.23. The molecule has 15 heavy (non-hydrogen) atoms. The second-order valence-corrected chi connectivity index (χ2v) is 4.44. The van der Waals surface area contributed by atoms with E-state index in [1.165, 1.54) is 11.3 Å². The van der Waals surface area contributed by atoms with Gasteiger partial charge in [-0.3, -0.25) is 0 Å². The van der Waals surface area contributed by atoms with Gasteiger partial charge in [-0.05, 0) is 43.5 Å². The molecule has 0 aliphatic carbocycles. The third-order valence-corrected chi connectivity index (χ3v) is 3.15. The number of aryl methyl sites for hydroxylation is 1. The molecule has 1 aromatic carbocycles. The molecular weight excluding hydrogens is 254 g/mol. The van der Waals surface area contributed by atoms with Gasteiger partial charge in [-0.15, -0.1) is 0 Å². The van der Waals surface area contributed by atoms with Crippen LogP contribution < -0.4 is 5.32 Å². The van der Waals surface area contributed by atoms with Gasteiger partial charge in [-0.25, -0.2) is 0 Å². The van der Waals surface area contributed by atoms with E-state index in [0.717, 1.165) is 30.5 Å². The molecule has 0 amide bonds. The fourth-order valence-electron chi connectivity index (χ4n) is 1.36. The Morgan fingerprint density at radius 1 is 1.33 bits per heavy atom. The third kappa shape index (κ3) is 4.67. The molecule has 0 heterocycles. The van der Waals surface area contributed by atoms with Crippen LogP contribution in [0.1, 0.15) is 18.4 Å². The molecule has 0 aliphatic rings. The molecule has 3 heteroatoms. The number of unbranched alkanes of at least 4 members (excludes halogenated alkanes) is 1. The topological polar surface area (TPSA) is 21.3 Å². The Labute approximate surface area is 100 Å². The van der Waals surface area contributed by atoms with E-state index in [0.29, 0.717) is 0 Å². The van der Waals surface area contributed by atoms with Gasteiger partial charge in [-0.2, -0.15) is 0 Å². The Kier molecular flexibility index (Phi) is 5.73. The normalized spacial score (nSPS) is 10.3. The van der Waals surface area contributed by atoms with E-state index in [2.05, 4.69) is 46.4 Å². The van der Waals surface area contributed by atoms with E-state index in [1.54, 1.807) is 7.11 Å². The lowest BCUT2D eigenvalue weighted by Crippen LogP contribution is -2.03. The Morgan fingerprint density at radius 3 is 2.80 bits per heavy atom. The molecule has 0 saturated heterocycles. The highest BCUT2D eigenvalue weighted by Gasteiger charge is 1.96. The van der Waals surface area contributed by atoms with Gasteiger partial charge in [0.15, 0.2) is 0 Å². The van der Waals surface area contributed by atoms with E-state index in [4.69, 9.17) is 4.74 Å². The van der Waals surface area contributed by atoms with Crippen molar-refractivity contribution in [2.75, 3.05) is 25.6 Å². The lowest BCUT2D eigenvalue weighted by molar-refractivity contribution is 0.194. The van der Waals surface area contributed by atoms with Gasteiger partial charge in [0.25, 0.3) is 0 Å². The summed E-state index contributed by atoms with van der Waals surface area (Å²) in [4.78, 5) is 0. The van der Waals surface area contributed by atoms with Crippen molar-refractivity contribution in [2.45, 2.75) is 19.8 Å². The van der Waals surface area contributed by atoms with Crippen LogP contribution in [-0.2, 0) is 4.74 Å². The standard InChI is InChI=1S/C12H18BrNO/c1-10-9-11(5-6-12(10)13)14-7-3-4-8-15-2/h5-6,9,14H,3-4,7-8H2,1-2H3. The SMILES string of the molecule is COCCCCNc1ccc(Br)c(C)c1. The Morgan fingerprint density at radius 2 is 2.13 bits per heavy atom. The van der Waals surface area contributed by atoms with E-state index in [1.807, 2.05) is 0 Å². The van der Waals surface area contributed by atoms with E-state index >= 15 is 0 Å². The van der Waals surface area contributed by atoms with Gasteiger partial charge in [-0.1, -0.05) is 15.9 Å². The van der Waals surface area contributed by atoms with Crippen molar-refractivity contribution in [3.8, 4) is 0 Å². The number of hydrogen-bond acceptors (Lipinski definition) is 2. The van der Waals surface area contributed by atoms with Gasteiger partial charge < -0.3 is 10.1 Å². The Hall–Kier alpha value is -0.540. The van der Waals surface area contributed by atoms with E-state index < -0.39 is 0 Å². The molecule has 0 atom stereocenters. The van der Waals surface area contributed by atoms with Crippen LogP contribution in [0.15, 0.2) is 22.7 Å². The molecule has 2 nitrogen and oxygen atoms in total. The van der Waals surface area contributed by atoms with Crippen LogP contribution in [0.4, 0.5) is 5.69 Å².